The molecule has 0 saturated carbocycles. The van der Waals surface area contributed by atoms with Crippen molar-refractivity contribution in [2.24, 2.45) is 5.73 Å². The predicted octanol–water partition coefficient (Wildman–Crippen LogP) is 4.90. The van der Waals surface area contributed by atoms with E-state index in [1.165, 1.54) is 12.1 Å². The second kappa shape index (κ2) is 6.64. The van der Waals surface area contributed by atoms with Gasteiger partial charge >= 0.3 is 0 Å². The van der Waals surface area contributed by atoms with Crippen LogP contribution in [0.3, 0.4) is 0 Å². The molecular formula is C14H12Cl3FN2. The van der Waals surface area contributed by atoms with Crippen molar-refractivity contribution in [3.8, 4) is 0 Å². The zero-order valence-corrected chi connectivity index (χ0v) is 12.6. The van der Waals surface area contributed by atoms with Gasteiger partial charge in [-0.1, -0.05) is 34.8 Å². The Morgan fingerprint density at radius 1 is 1.05 bits per heavy atom. The fourth-order valence-electron chi connectivity index (χ4n) is 1.88. The first-order chi connectivity index (χ1) is 9.49. The number of nitrogens with two attached hydrogens (primary N) is 1. The Morgan fingerprint density at radius 2 is 1.80 bits per heavy atom. The van der Waals surface area contributed by atoms with Gasteiger partial charge in [-0.3, -0.25) is 0 Å². The van der Waals surface area contributed by atoms with Crippen LogP contribution in [0.2, 0.25) is 15.1 Å². The molecule has 0 bridgehead atoms. The van der Waals surface area contributed by atoms with E-state index in [1.54, 1.807) is 24.3 Å². The summed E-state index contributed by atoms with van der Waals surface area (Å²) in [6.45, 7) is 0.272. The van der Waals surface area contributed by atoms with Crippen molar-refractivity contribution in [2.75, 3.05) is 11.9 Å². The van der Waals surface area contributed by atoms with Crippen LogP contribution in [-0.4, -0.2) is 6.54 Å². The lowest BCUT2D eigenvalue weighted by Crippen LogP contribution is -2.21. The van der Waals surface area contributed by atoms with E-state index in [0.717, 1.165) is 5.56 Å². The van der Waals surface area contributed by atoms with Gasteiger partial charge in [-0.2, -0.15) is 0 Å². The summed E-state index contributed by atoms with van der Waals surface area (Å²) in [4.78, 5) is 0. The van der Waals surface area contributed by atoms with Gasteiger partial charge in [0, 0.05) is 27.3 Å². The number of hydrogen-bond acceptors (Lipinski definition) is 2. The topological polar surface area (TPSA) is 38.0 Å². The van der Waals surface area contributed by atoms with E-state index < -0.39 is 5.82 Å². The molecule has 0 saturated heterocycles. The van der Waals surface area contributed by atoms with Crippen LogP contribution in [0.1, 0.15) is 11.6 Å². The van der Waals surface area contributed by atoms with Crippen molar-refractivity contribution >= 4 is 40.5 Å². The predicted molar refractivity (Wildman–Crippen MR) is 83.3 cm³/mol. The maximum absolute atomic E-state index is 13.3. The Morgan fingerprint density at radius 3 is 2.45 bits per heavy atom. The molecule has 106 valence electrons. The van der Waals surface area contributed by atoms with E-state index in [4.69, 9.17) is 40.5 Å². The maximum Gasteiger partial charge on any atom is 0.126 e. The number of halogens is 4. The normalized spacial score (nSPS) is 12.2. The molecule has 2 nitrogen and oxygen atoms in total. The second-order valence-corrected chi connectivity index (χ2v) is 5.54. The van der Waals surface area contributed by atoms with Crippen molar-refractivity contribution in [1.29, 1.82) is 0 Å². The molecule has 2 rings (SSSR count). The van der Waals surface area contributed by atoms with Crippen LogP contribution < -0.4 is 11.1 Å². The molecule has 0 fully saturated rings. The summed E-state index contributed by atoms with van der Waals surface area (Å²) in [6, 6.07) is 9.02. The molecule has 2 aromatic rings. The maximum atomic E-state index is 13.3. The lowest BCUT2D eigenvalue weighted by Gasteiger charge is -2.20. The highest BCUT2D eigenvalue weighted by Gasteiger charge is 2.14. The average molecular weight is 334 g/mol. The number of nitrogens with one attached hydrogen (secondary N) is 1. The van der Waals surface area contributed by atoms with Crippen LogP contribution in [-0.2, 0) is 0 Å². The van der Waals surface area contributed by atoms with Crippen LogP contribution >= 0.6 is 34.8 Å². The van der Waals surface area contributed by atoms with E-state index in [0.29, 0.717) is 20.8 Å². The molecule has 6 heteroatoms. The molecule has 0 aliphatic carbocycles. The largest absolute Gasteiger partial charge is 0.377 e. The summed E-state index contributed by atoms with van der Waals surface area (Å²) >= 11 is 17.9. The lowest BCUT2D eigenvalue weighted by molar-refractivity contribution is 0.627. The smallest absolute Gasteiger partial charge is 0.126 e. The summed E-state index contributed by atoms with van der Waals surface area (Å²) in [5.41, 5.74) is 7.04. The molecule has 0 heterocycles. The second-order valence-electron chi connectivity index (χ2n) is 4.26. The highest BCUT2D eigenvalue weighted by atomic mass is 35.5. The summed E-state index contributed by atoms with van der Waals surface area (Å²) in [6.07, 6.45) is 0. The third kappa shape index (κ3) is 3.76. The van der Waals surface area contributed by atoms with Gasteiger partial charge in [-0.25, -0.2) is 4.39 Å². The first kappa shape index (κ1) is 15.4. The van der Waals surface area contributed by atoms with Gasteiger partial charge in [0.2, 0.25) is 0 Å². The van der Waals surface area contributed by atoms with Gasteiger partial charge in [0.25, 0.3) is 0 Å². The number of hydrogen-bond donors (Lipinski definition) is 2. The van der Waals surface area contributed by atoms with Crippen molar-refractivity contribution < 1.29 is 4.39 Å². The molecule has 0 amide bonds. The molecule has 0 aliphatic rings. The minimum atomic E-state index is -0.423. The average Bonchev–Trinajstić information content (AvgIpc) is 2.38. The molecule has 0 aromatic heterocycles. The molecule has 2 aromatic carbocycles. The fourth-order valence-corrected chi connectivity index (χ4v) is 2.54. The van der Waals surface area contributed by atoms with E-state index in [-0.39, 0.29) is 12.6 Å². The van der Waals surface area contributed by atoms with Crippen molar-refractivity contribution in [3.63, 3.8) is 0 Å². The van der Waals surface area contributed by atoms with E-state index in [2.05, 4.69) is 5.32 Å². The minimum absolute atomic E-state index is 0.272. The van der Waals surface area contributed by atoms with Crippen molar-refractivity contribution in [2.45, 2.75) is 6.04 Å². The van der Waals surface area contributed by atoms with Gasteiger partial charge in [-0.05, 0) is 42.0 Å². The molecule has 0 radical (unpaired) electrons. The monoisotopic (exact) mass is 332 g/mol. The third-order valence-electron chi connectivity index (χ3n) is 2.77. The summed E-state index contributed by atoms with van der Waals surface area (Å²) in [7, 11) is 0. The van der Waals surface area contributed by atoms with Crippen molar-refractivity contribution in [3.05, 3.63) is 62.8 Å². The van der Waals surface area contributed by atoms with Gasteiger partial charge in [-0.15, -0.1) is 0 Å². The molecular weight excluding hydrogens is 322 g/mol. The van der Waals surface area contributed by atoms with Gasteiger partial charge in [0.15, 0.2) is 0 Å². The SMILES string of the molecule is NCC(Nc1cc(F)cc(Cl)c1)c1cc(Cl)ccc1Cl. The Balaban J connectivity index is 2.31. The van der Waals surface area contributed by atoms with Crippen LogP contribution in [0.4, 0.5) is 10.1 Å². The van der Waals surface area contributed by atoms with E-state index in [9.17, 15) is 4.39 Å². The highest BCUT2D eigenvalue weighted by Crippen LogP contribution is 2.29. The summed E-state index contributed by atoms with van der Waals surface area (Å²) in [5.74, 6) is -0.423. The minimum Gasteiger partial charge on any atom is -0.377 e. The first-order valence-corrected chi connectivity index (χ1v) is 7.00. The molecule has 0 aliphatic heterocycles. The zero-order valence-electron chi connectivity index (χ0n) is 10.3. The van der Waals surface area contributed by atoms with Crippen molar-refractivity contribution in [1.82, 2.24) is 0 Å². The Kier molecular flexibility index (Phi) is 5.11. The lowest BCUT2D eigenvalue weighted by atomic mass is 10.1. The quantitative estimate of drug-likeness (QED) is 0.835. The Bertz CT molecular complexity index is 599. The molecule has 20 heavy (non-hydrogen) atoms. The van der Waals surface area contributed by atoms with Crippen LogP contribution in [0.25, 0.3) is 0 Å². The zero-order chi connectivity index (χ0) is 14.7. The van der Waals surface area contributed by atoms with Gasteiger partial charge in [0.05, 0.1) is 6.04 Å². The first-order valence-electron chi connectivity index (χ1n) is 5.87. The highest BCUT2D eigenvalue weighted by molar-refractivity contribution is 6.33. The summed E-state index contributed by atoms with van der Waals surface area (Å²) in [5, 5.41) is 4.51. The molecule has 0 spiro atoms. The standard InChI is InChI=1S/C14H12Cl3FN2/c15-8-1-2-13(17)12(5-8)14(7-19)20-11-4-9(16)3-10(18)6-11/h1-6,14,20H,7,19H2. The van der Waals surface area contributed by atoms with E-state index in [1.807, 2.05) is 0 Å². The molecule has 1 unspecified atom stereocenters. The summed E-state index contributed by atoms with van der Waals surface area (Å²) < 4.78 is 13.3. The Labute approximate surface area is 131 Å². The molecule has 3 N–H and O–H groups in total. The number of rotatable bonds is 4. The van der Waals surface area contributed by atoms with Crippen LogP contribution in [0.5, 0.6) is 0 Å². The third-order valence-corrected chi connectivity index (χ3v) is 3.57. The molecule has 1 atom stereocenters. The van der Waals surface area contributed by atoms with Crippen LogP contribution in [0.15, 0.2) is 36.4 Å². The van der Waals surface area contributed by atoms with Crippen LogP contribution in [0, 0.1) is 5.82 Å². The number of anilines is 1. The van der Waals surface area contributed by atoms with E-state index >= 15 is 0 Å². The van der Waals surface area contributed by atoms with Gasteiger partial charge < -0.3 is 11.1 Å². The Hall–Kier alpha value is -1.000. The fraction of sp³-hybridized carbons (Fsp3) is 0.143. The van der Waals surface area contributed by atoms with Gasteiger partial charge in [0.1, 0.15) is 5.82 Å². The number of benzene rings is 2.